The van der Waals surface area contributed by atoms with Crippen LogP contribution in [-0.4, -0.2) is 43.5 Å². The molecule has 0 saturated carbocycles. The third kappa shape index (κ3) is 7.54. The predicted molar refractivity (Wildman–Crippen MR) is 146 cm³/mol. The molecule has 0 aliphatic heterocycles. The van der Waals surface area contributed by atoms with Gasteiger partial charge in [-0.05, 0) is 55.5 Å². The fraction of sp³-hybridized carbons (Fsp3) is 0.290. The number of ether oxygens (including phenoxy) is 2. The van der Waals surface area contributed by atoms with E-state index in [9.17, 15) is 14.7 Å². The second kappa shape index (κ2) is 13.6. The smallest absolute Gasteiger partial charge is 0.306 e. The van der Waals surface area contributed by atoms with Gasteiger partial charge < -0.3 is 24.3 Å². The SMILES string of the molecule is COCOC[C@H](C[C@H](CCCc1ccccc1)C(=O)O)NC(=O)c1ccc(-c2cc3ccccc3o2)cc1. The molecule has 0 bridgehead atoms. The summed E-state index contributed by atoms with van der Waals surface area (Å²) in [4.78, 5) is 25.1. The zero-order valence-electron chi connectivity index (χ0n) is 21.5. The largest absolute Gasteiger partial charge is 0.481 e. The Balaban J connectivity index is 1.39. The lowest BCUT2D eigenvalue weighted by Crippen LogP contribution is -2.41. The highest BCUT2D eigenvalue weighted by Crippen LogP contribution is 2.28. The molecule has 7 heteroatoms. The number of carbonyl (C=O) groups excluding carboxylic acids is 1. The molecule has 4 aromatic rings. The number of aryl methyl sites for hydroxylation is 1. The van der Waals surface area contributed by atoms with Crippen molar-refractivity contribution >= 4 is 22.8 Å². The van der Waals surface area contributed by atoms with Crippen LogP contribution >= 0.6 is 0 Å². The summed E-state index contributed by atoms with van der Waals surface area (Å²) in [5.74, 6) is -1.05. The van der Waals surface area contributed by atoms with Crippen LogP contribution in [0.5, 0.6) is 0 Å². The van der Waals surface area contributed by atoms with E-state index >= 15 is 0 Å². The molecule has 38 heavy (non-hydrogen) atoms. The Morgan fingerprint density at radius 2 is 1.71 bits per heavy atom. The van der Waals surface area contributed by atoms with Gasteiger partial charge in [-0.15, -0.1) is 0 Å². The number of benzene rings is 3. The summed E-state index contributed by atoms with van der Waals surface area (Å²) in [5, 5.41) is 13.8. The molecular weight excluding hydrogens is 482 g/mol. The number of aliphatic carboxylic acids is 1. The van der Waals surface area contributed by atoms with Crippen molar-refractivity contribution in [1.29, 1.82) is 0 Å². The minimum atomic E-state index is -0.876. The summed E-state index contributed by atoms with van der Waals surface area (Å²) < 4.78 is 16.4. The number of rotatable bonds is 14. The molecule has 2 atom stereocenters. The van der Waals surface area contributed by atoms with E-state index in [0.29, 0.717) is 12.0 Å². The molecule has 3 aromatic carbocycles. The molecule has 0 spiro atoms. The first-order chi connectivity index (χ1) is 18.5. The summed E-state index contributed by atoms with van der Waals surface area (Å²) in [6.45, 7) is 0.212. The maximum Gasteiger partial charge on any atom is 0.306 e. The Kier molecular flexibility index (Phi) is 9.67. The number of carbonyl (C=O) groups is 2. The van der Waals surface area contributed by atoms with E-state index in [1.165, 1.54) is 12.7 Å². The van der Waals surface area contributed by atoms with E-state index in [4.69, 9.17) is 13.9 Å². The van der Waals surface area contributed by atoms with Crippen molar-refractivity contribution in [3.8, 4) is 11.3 Å². The van der Waals surface area contributed by atoms with Crippen molar-refractivity contribution in [1.82, 2.24) is 5.32 Å². The lowest BCUT2D eigenvalue weighted by atomic mass is 9.93. The van der Waals surface area contributed by atoms with Gasteiger partial charge in [0.2, 0.25) is 0 Å². The fourth-order valence-electron chi connectivity index (χ4n) is 4.50. The number of carboxylic acids is 1. The summed E-state index contributed by atoms with van der Waals surface area (Å²) in [6.07, 6.45) is 2.31. The Labute approximate surface area is 222 Å². The first-order valence-electron chi connectivity index (χ1n) is 12.8. The van der Waals surface area contributed by atoms with Crippen LogP contribution in [0.4, 0.5) is 0 Å². The molecule has 1 amide bonds. The van der Waals surface area contributed by atoms with Crippen molar-refractivity contribution in [2.75, 3.05) is 20.5 Å². The second-order valence-electron chi connectivity index (χ2n) is 9.32. The highest BCUT2D eigenvalue weighted by atomic mass is 16.7. The lowest BCUT2D eigenvalue weighted by molar-refractivity contribution is -0.142. The Morgan fingerprint density at radius 3 is 2.42 bits per heavy atom. The maximum atomic E-state index is 13.1. The molecule has 0 fully saturated rings. The number of amides is 1. The van der Waals surface area contributed by atoms with Crippen molar-refractivity contribution in [2.24, 2.45) is 5.92 Å². The lowest BCUT2D eigenvalue weighted by Gasteiger charge is -2.22. The van der Waals surface area contributed by atoms with Gasteiger partial charge in [0.25, 0.3) is 5.91 Å². The van der Waals surface area contributed by atoms with E-state index in [0.717, 1.165) is 35.1 Å². The average Bonchev–Trinajstić information content (AvgIpc) is 3.37. The number of fused-ring (bicyclic) bond motifs is 1. The molecule has 7 nitrogen and oxygen atoms in total. The highest BCUT2D eigenvalue weighted by molar-refractivity contribution is 5.95. The topological polar surface area (TPSA) is 98.0 Å². The Hall–Kier alpha value is -3.94. The van der Waals surface area contributed by atoms with Crippen LogP contribution in [0.2, 0.25) is 0 Å². The number of carboxylic acid groups (broad SMARTS) is 1. The number of furan rings is 1. The molecule has 0 aliphatic rings. The van der Waals surface area contributed by atoms with E-state index in [2.05, 4.69) is 5.32 Å². The van der Waals surface area contributed by atoms with Gasteiger partial charge in [0.15, 0.2) is 0 Å². The summed E-state index contributed by atoms with van der Waals surface area (Å²) in [5.41, 5.74) is 3.32. The number of methoxy groups -OCH3 is 1. The van der Waals surface area contributed by atoms with Crippen molar-refractivity contribution in [3.05, 3.63) is 96.1 Å². The molecule has 4 rings (SSSR count). The van der Waals surface area contributed by atoms with Crippen LogP contribution in [-0.2, 0) is 20.7 Å². The molecule has 1 aromatic heterocycles. The van der Waals surface area contributed by atoms with Crippen LogP contribution in [0.15, 0.2) is 89.3 Å². The first-order valence-corrected chi connectivity index (χ1v) is 12.8. The monoisotopic (exact) mass is 515 g/mol. The molecular formula is C31H33NO6. The Bertz CT molecular complexity index is 1280. The third-order valence-corrected chi connectivity index (χ3v) is 6.49. The molecule has 1 heterocycles. The second-order valence-corrected chi connectivity index (χ2v) is 9.32. The van der Waals surface area contributed by atoms with Gasteiger partial charge in [-0.3, -0.25) is 9.59 Å². The normalized spacial score (nSPS) is 12.8. The zero-order valence-corrected chi connectivity index (χ0v) is 21.5. The van der Waals surface area contributed by atoms with E-state index in [-0.39, 0.29) is 25.7 Å². The number of hydrogen-bond donors (Lipinski definition) is 2. The molecule has 0 unspecified atom stereocenters. The van der Waals surface area contributed by atoms with Crippen LogP contribution in [0, 0.1) is 5.92 Å². The van der Waals surface area contributed by atoms with Gasteiger partial charge in [-0.25, -0.2) is 0 Å². The van der Waals surface area contributed by atoms with Gasteiger partial charge in [-0.2, -0.15) is 0 Å². The minimum absolute atomic E-state index is 0.0598. The number of nitrogens with one attached hydrogen (secondary N) is 1. The summed E-state index contributed by atoms with van der Waals surface area (Å²) in [6, 6.07) is 26.4. The standard InChI is InChI=1S/C31H33NO6/c1-36-21-37-20-27(18-26(31(34)35)12-7-10-22-8-3-2-4-9-22)32-30(33)24-16-14-23(15-17-24)29-19-25-11-5-6-13-28(25)38-29/h2-6,8-9,11,13-17,19,26-27H,7,10,12,18,20-21H2,1H3,(H,32,33)(H,34,35)/t26-,27-/m0/s1. The van der Waals surface area contributed by atoms with Gasteiger partial charge >= 0.3 is 5.97 Å². The maximum absolute atomic E-state index is 13.1. The average molecular weight is 516 g/mol. The number of hydrogen-bond acceptors (Lipinski definition) is 5. The van der Waals surface area contributed by atoms with E-state index in [1.807, 2.05) is 72.8 Å². The van der Waals surface area contributed by atoms with Crippen LogP contribution < -0.4 is 5.32 Å². The van der Waals surface area contributed by atoms with Crippen molar-refractivity contribution < 1.29 is 28.6 Å². The zero-order chi connectivity index (χ0) is 26.7. The molecule has 2 N–H and O–H groups in total. The van der Waals surface area contributed by atoms with Crippen molar-refractivity contribution in [2.45, 2.75) is 31.7 Å². The van der Waals surface area contributed by atoms with Gasteiger partial charge in [-0.1, -0.05) is 60.7 Å². The molecule has 0 radical (unpaired) electrons. The molecule has 0 saturated heterocycles. The third-order valence-electron chi connectivity index (χ3n) is 6.49. The quantitative estimate of drug-likeness (QED) is 0.160. The first kappa shape index (κ1) is 27.1. The van der Waals surface area contributed by atoms with Gasteiger partial charge in [0.05, 0.1) is 18.6 Å². The van der Waals surface area contributed by atoms with Crippen molar-refractivity contribution in [3.63, 3.8) is 0 Å². The predicted octanol–water partition coefficient (Wildman–Crippen LogP) is 5.93. The van der Waals surface area contributed by atoms with Crippen LogP contribution in [0.1, 0.15) is 35.2 Å². The molecule has 0 aliphatic carbocycles. The molecule has 198 valence electrons. The van der Waals surface area contributed by atoms with Crippen LogP contribution in [0.3, 0.4) is 0 Å². The summed E-state index contributed by atoms with van der Waals surface area (Å²) in [7, 11) is 1.51. The van der Waals surface area contributed by atoms with E-state index in [1.54, 1.807) is 12.1 Å². The van der Waals surface area contributed by atoms with Gasteiger partial charge in [0.1, 0.15) is 18.1 Å². The minimum Gasteiger partial charge on any atom is -0.481 e. The van der Waals surface area contributed by atoms with Crippen LogP contribution in [0.25, 0.3) is 22.3 Å². The summed E-state index contributed by atoms with van der Waals surface area (Å²) >= 11 is 0. The van der Waals surface area contributed by atoms with E-state index < -0.39 is 17.9 Å². The Morgan fingerprint density at radius 1 is 0.974 bits per heavy atom. The highest BCUT2D eigenvalue weighted by Gasteiger charge is 2.24. The number of para-hydroxylation sites is 1. The van der Waals surface area contributed by atoms with Gasteiger partial charge in [0, 0.05) is 23.6 Å². The fourth-order valence-corrected chi connectivity index (χ4v) is 4.50.